The molecule has 8 saturated heterocycles. The molecule has 0 aromatic rings. The molecule has 11 aliphatic heterocycles. The van der Waals surface area contributed by atoms with E-state index in [1.165, 1.54) is 0 Å². The van der Waals surface area contributed by atoms with Crippen LogP contribution in [-0.4, -0.2) is 212 Å². The Morgan fingerprint density at radius 1 is 0.265 bits per heavy atom. The van der Waals surface area contributed by atoms with E-state index in [9.17, 15) is 0 Å². The fourth-order valence-corrected chi connectivity index (χ4v) is 23.9. The molecule has 0 saturated carbocycles. The summed E-state index contributed by atoms with van der Waals surface area (Å²) in [5, 5.41) is 52.1. The largest absolute Gasteiger partial charge is 0.473 e. The van der Waals surface area contributed by atoms with Crippen molar-refractivity contribution in [1.82, 2.24) is 89.4 Å². The van der Waals surface area contributed by atoms with Gasteiger partial charge in [0.05, 0.1) is 18.3 Å². The zero-order chi connectivity index (χ0) is 83.4. The Morgan fingerprint density at radius 2 is 0.451 bits per heavy atom. The molecule has 26 nitrogen and oxygen atoms in total. The van der Waals surface area contributed by atoms with Crippen LogP contribution in [0, 0.1) is 0 Å². The van der Waals surface area contributed by atoms with E-state index in [0.29, 0.717) is 43.9 Å². The maximum Gasteiger partial charge on any atom is 0.239 e. The Morgan fingerprint density at radius 3 is 0.673 bits per heavy atom. The van der Waals surface area contributed by atoms with Crippen LogP contribution in [0.5, 0.6) is 0 Å². The first kappa shape index (κ1) is 89.2. The van der Waals surface area contributed by atoms with Crippen LogP contribution in [0.2, 0.25) is 0 Å². The fraction of sp³-hybridized carbons (Fsp3) is 0.897. The van der Waals surface area contributed by atoms with Gasteiger partial charge in [0.15, 0.2) is 0 Å². The molecular weight excluding hydrogens is 1420 g/mol. The summed E-state index contributed by atoms with van der Waals surface area (Å²) in [5.74, 6) is 4.26. The van der Waals surface area contributed by atoms with Crippen LogP contribution in [0.4, 0.5) is 0 Å². The molecular formula is C87H162N20O6. The SMILES string of the molecule is CC1(C)CC(OC2=NN(OC3CC(C)(C)NC(C)(C)C3)NC(N(CCCN(C3=CC(OC4CC(C)(C)NC(C)(C)C4)=NN(OC4CC(C)(C)NC(C)(C)C4)N3)C3CC(C)(C)NC(C)(C)C3)CCCN(C3=CC(OC4CC(C)(C)NC(C)(C)C4)=NN(OC4CC(C)(C)NC(C)(C)C4)N3)C3CC(C)(C)NC(C)(C)C3)=C2)CC(C)(C)N1. The molecule has 646 valence electrons. The van der Waals surface area contributed by atoms with Crippen LogP contribution in [0.1, 0.15) is 337 Å². The molecule has 0 aliphatic carbocycles. The van der Waals surface area contributed by atoms with Gasteiger partial charge >= 0.3 is 0 Å². The van der Waals surface area contributed by atoms with Crippen molar-refractivity contribution in [2.24, 2.45) is 15.3 Å². The number of hydrazine groups is 3. The minimum Gasteiger partial charge on any atom is -0.473 e. The van der Waals surface area contributed by atoms with E-state index in [1.54, 1.807) is 15.8 Å². The van der Waals surface area contributed by atoms with E-state index >= 15 is 0 Å². The Hall–Kier alpha value is -4.61. The predicted molar refractivity (Wildman–Crippen MR) is 457 cm³/mol. The lowest BCUT2D eigenvalue weighted by Crippen LogP contribution is -2.63. The lowest BCUT2D eigenvalue weighted by Gasteiger charge is -2.51. The molecule has 0 aromatic carbocycles. The summed E-state index contributed by atoms with van der Waals surface area (Å²) in [6, 6.07) is 0.209. The van der Waals surface area contributed by atoms with E-state index < -0.39 is 0 Å². The van der Waals surface area contributed by atoms with E-state index in [-0.39, 0.29) is 137 Å². The lowest BCUT2D eigenvalue weighted by molar-refractivity contribution is -0.246. The number of hydrogen-bond acceptors (Lipinski definition) is 26. The highest BCUT2D eigenvalue weighted by molar-refractivity contribution is 5.89. The van der Waals surface area contributed by atoms with E-state index in [0.717, 1.165) is 133 Å². The van der Waals surface area contributed by atoms with Crippen molar-refractivity contribution in [2.45, 2.75) is 474 Å². The van der Waals surface area contributed by atoms with Gasteiger partial charge in [-0.3, -0.25) is 0 Å². The monoisotopic (exact) mass is 1580 g/mol. The molecule has 8 fully saturated rings. The van der Waals surface area contributed by atoms with Crippen LogP contribution < -0.4 is 58.8 Å². The van der Waals surface area contributed by atoms with Crippen molar-refractivity contribution in [1.29, 1.82) is 0 Å². The highest BCUT2D eigenvalue weighted by atomic mass is 16.8. The highest BCUT2D eigenvalue weighted by Gasteiger charge is 2.50. The molecule has 0 unspecified atom stereocenters. The Kier molecular flexibility index (Phi) is 24.9. The van der Waals surface area contributed by atoms with Gasteiger partial charge in [-0.1, -0.05) is 31.1 Å². The van der Waals surface area contributed by atoms with Gasteiger partial charge in [-0.05, 0) is 299 Å². The van der Waals surface area contributed by atoms with Crippen LogP contribution in [0.3, 0.4) is 0 Å². The Labute approximate surface area is 684 Å². The summed E-state index contributed by atoms with van der Waals surface area (Å²) in [6.45, 7) is 76.2. The van der Waals surface area contributed by atoms with Crippen molar-refractivity contribution >= 4 is 17.7 Å². The molecule has 11 N–H and O–H groups in total. The first-order valence-electron chi connectivity index (χ1n) is 43.6. The molecule has 0 amide bonds. The molecule has 0 radical (unpaired) electrons. The summed E-state index contributed by atoms with van der Waals surface area (Å²) in [4.78, 5) is 29.3. The zero-order valence-corrected chi connectivity index (χ0v) is 76.9. The summed E-state index contributed by atoms with van der Waals surface area (Å²) in [7, 11) is 0. The quantitative estimate of drug-likeness (QED) is 0.0483. The maximum absolute atomic E-state index is 7.29. The molecule has 11 aliphatic rings. The van der Waals surface area contributed by atoms with Crippen LogP contribution >= 0.6 is 0 Å². The molecule has 26 heteroatoms. The molecule has 11 rings (SSSR count). The van der Waals surface area contributed by atoms with Gasteiger partial charge in [0, 0.05) is 184 Å². The highest BCUT2D eigenvalue weighted by Crippen LogP contribution is 2.42. The van der Waals surface area contributed by atoms with Crippen molar-refractivity contribution in [3.8, 4) is 0 Å². The Bertz CT molecular complexity index is 3230. The van der Waals surface area contributed by atoms with Crippen LogP contribution in [0.25, 0.3) is 0 Å². The van der Waals surface area contributed by atoms with Gasteiger partial charge in [0.2, 0.25) is 17.7 Å². The zero-order valence-electron chi connectivity index (χ0n) is 76.9. The lowest BCUT2D eigenvalue weighted by atomic mass is 9.79. The van der Waals surface area contributed by atoms with Crippen LogP contribution in [0.15, 0.2) is 51.0 Å². The number of nitrogens with zero attached hydrogens (tertiary/aromatic N) is 9. The van der Waals surface area contributed by atoms with E-state index in [2.05, 4.69) is 313 Å². The number of rotatable bonds is 22. The summed E-state index contributed by atoms with van der Waals surface area (Å²) in [6.07, 6.45) is 20.6. The van der Waals surface area contributed by atoms with Crippen molar-refractivity contribution < 1.29 is 28.7 Å². The minimum atomic E-state index is -0.183. The number of nitrogens with one attached hydrogen (secondary N) is 11. The molecule has 113 heavy (non-hydrogen) atoms. The topological polar surface area (TPSA) is 244 Å². The molecule has 0 bridgehead atoms. The standard InChI is InChI=1S/C87H162N20O6/c1-72(2)42-58(43-73(3,4)94-72)103(67-40-70(109-61-48-78(13,14)97-79(15,16)49-61)92-106(89-67)112-64-54-84(25,26)100-85(27,28)55-64)37-33-35-102(66-39-69(108-60-46-76(9,10)96-77(11,12)47-60)91-105(88-66)111-63-52-82(21,22)99-83(23,24)53-63)36-34-38-104(59-44-74(5,6)95-75(7,8)45-59)68-41-71(110-62-50-80(17,18)98-81(19,20)51-62)93-107(90-68)113-65-56-86(29,30)101-87(31,32)57-65/h39-41,58-65,88-90,94-101H,33-38,42-57H2,1-32H3. The second kappa shape index (κ2) is 31.5. The van der Waals surface area contributed by atoms with E-state index in [4.69, 9.17) is 44.0 Å². The molecule has 0 atom stereocenters. The second-order valence-corrected chi connectivity index (χ2v) is 47.3. The first-order valence-corrected chi connectivity index (χ1v) is 43.6. The second-order valence-electron chi connectivity index (χ2n) is 47.3. The van der Waals surface area contributed by atoms with Crippen molar-refractivity contribution in [3.63, 3.8) is 0 Å². The first-order chi connectivity index (χ1) is 51.4. The van der Waals surface area contributed by atoms with Gasteiger partial charge in [-0.15, -0.1) is 0 Å². The third-order valence-corrected chi connectivity index (χ3v) is 24.3. The number of hydrogen-bond donors (Lipinski definition) is 11. The normalized spacial score (nSPS) is 29.2. The summed E-state index contributed by atoms with van der Waals surface area (Å²) < 4.78 is 21.8. The number of piperidine rings is 8. The minimum absolute atomic E-state index is 0.0884. The Balaban J connectivity index is 0.985. The predicted octanol–water partition coefficient (Wildman–Crippen LogP) is 12.9. The van der Waals surface area contributed by atoms with Crippen molar-refractivity contribution in [3.05, 3.63) is 35.7 Å². The average Bonchev–Trinajstić information content (AvgIpc) is 0.774. The smallest absolute Gasteiger partial charge is 0.239 e. The molecule has 0 spiro atoms. The average molecular weight is 1580 g/mol. The van der Waals surface area contributed by atoms with Gasteiger partial charge in [0.25, 0.3) is 0 Å². The third kappa shape index (κ3) is 25.7. The summed E-state index contributed by atoms with van der Waals surface area (Å²) >= 11 is 0. The fourth-order valence-electron chi connectivity index (χ4n) is 23.9. The maximum atomic E-state index is 7.29. The van der Waals surface area contributed by atoms with Crippen molar-refractivity contribution in [2.75, 3.05) is 26.2 Å². The third-order valence-electron chi connectivity index (χ3n) is 24.3. The number of hydrazone groups is 3. The molecule has 0 aromatic heterocycles. The van der Waals surface area contributed by atoms with E-state index in [1.807, 2.05) is 0 Å². The molecule has 11 heterocycles. The number of ether oxygens (including phenoxy) is 3. The van der Waals surface area contributed by atoms with Gasteiger partial charge in [-0.25, -0.2) is 30.8 Å². The van der Waals surface area contributed by atoms with Gasteiger partial charge in [0.1, 0.15) is 35.8 Å². The summed E-state index contributed by atoms with van der Waals surface area (Å²) in [5.41, 5.74) is 8.80. The van der Waals surface area contributed by atoms with Crippen LogP contribution in [-0.2, 0) is 28.7 Å². The van der Waals surface area contributed by atoms with Gasteiger partial charge in [-0.2, -0.15) is 0 Å². The van der Waals surface area contributed by atoms with Gasteiger partial charge < -0.3 is 71.4 Å².